The van der Waals surface area contributed by atoms with Crippen LogP contribution in [0.3, 0.4) is 0 Å². The van der Waals surface area contributed by atoms with Gasteiger partial charge in [0.15, 0.2) is 0 Å². The highest BCUT2D eigenvalue weighted by atomic mass is 32.1. The van der Waals surface area contributed by atoms with E-state index in [0.29, 0.717) is 6.54 Å². The third-order valence-corrected chi connectivity index (χ3v) is 4.13. The van der Waals surface area contributed by atoms with Gasteiger partial charge in [-0.05, 0) is 24.1 Å². The second-order valence-electron chi connectivity index (χ2n) is 4.46. The Labute approximate surface area is 118 Å². The van der Waals surface area contributed by atoms with Crippen LogP contribution in [-0.2, 0) is 19.4 Å². The van der Waals surface area contributed by atoms with E-state index in [-0.39, 0.29) is 0 Å². The zero-order valence-electron chi connectivity index (χ0n) is 11.5. The predicted octanol–water partition coefficient (Wildman–Crippen LogP) is 3.15. The van der Waals surface area contributed by atoms with Gasteiger partial charge < -0.3 is 10.5 Å². The SMILES string of the molecule is CCCc1nc(Cc2ccc(OC)cc2)sc1CN. The Balaban J connectivity index is 2.13. The highest BCUT2D eigenvalue weighted by Gasteiger charge is 2.09. The Morgan fingerprint density at radius 3 is 2.58 bits per heavy atom. The molecule has 1 aromatic carbocycles. The maximum absolute atomic E-state index is 5.78. The van der Waals surface area contributed by atoms with Crippen LogP contribution in [0.4, 0.5) is 0 Å². The van der Waals surface area contributed by atoms with Crippen LogP contribution in [0.15, 0.2) is 24.3 Å². The fraction of sp³-hybridized carbons (Fsp3) is 0.400. The summed E-state index contributed by atoms with van der Waals surface area (Å²) in [5.41, 5.74) is 8.21. The molecule has 0 aliphatic rings. The van der Waals surface area contributed by atoms with Gasteiger partial charge >= 0.3 is 0 Å². The summed E-state index contributed by atoms with van der Waals surface area (Å²) in [6.45, 7) is 2.76. The second-order valence-corrected chi connectivity index (χ2v) is 5.62. The number of rotatable bonds is 6. The summed E-state index contributed by atoms with van der Waals surface area (Å²) in [6.07, 6.45) is 3.00. The largest absolute Gasteiger partial charge is 0.497 e. The normalized spacial score (nSPS) is 10.7. The molecule has 102 valence electrons. The summed E-state index contributed by atoms with van der Waals surface area (Å²) in [7, 11) is 1.68. The maximum Gasteiger partial charge on any atom is 0.118 e. The van der Waals surface area contributed by atoms with Gasteiger partial charge in [-0.2, -0.15) is 0 Å². The molecule has 0 atom stereocenters. The monoisotopic (exact) mass is 276 g/mol. The molecule has 0 radical (unpaired) electrons. The van der Waals surface area contributed by atoms with Crippen molar-refractivity contribution in [3.8, 4) is 5.75 Å². The van der Waals surface area contributed by atoms with E-state index in [0.717, 1.165) is 30.0 Å². The summed E-state index contributed by atoms with van der Waals surface area (Å²) >= 11 is 1.74. The molecular formula is C15H20N2OS. The number of ether oxygens (including phenoxy) is 1. The average molecular weight is 276 g/mol. The molecule has 2 rings (SSSR count). The maximum atomic E-state index is 5.78. The third kappa shape index (κ3) is 3.55. The highest BCUT2D eigenvalue weighted by molar-refractivity contribution is 7.11. The first-order valence-electron chi connectivity index (χ1n) is 6.57. The van der Waals surface area contributed by atoms with Crippen LogP contribution in [-0.4, -0.2) is 12.1 Å². The number of methoxy groups -OCH3 is 1. The molecule has 0 amide bonds. The minimum atomic E-state index is 0.593. The number of hydrogen-bond acceptors (Lipinski definition) is 4. The van der Waals surface area contributed by atoms with E-state index in [9.17, 15) is 0 Å². The molecule has 2 aromatic rings. The van der Waals surface area contributed by atoms with Crippen molar-refractivity contribution in [3.63, 3.8) is 0 Å². The fourth-order valence-corrected chi connectivity index (χ4v) is 3.05. The van der Waals surface area contributed by atoms with Gasteiger partial charge in [0.2, 0.25) is 0 Å². The number of thiazole rings is 1. The number of nitrogens with two attached hydrogens (primary N) is 1. The van der Waals surface area contributed by atoms with Crippen LogP contribution in [0, 0.1) is 0 Å². The molecule has 3 nitrogen and oxygen atoms in total. The molecule has 0 fully saturated rings. The highest BCUT2D eigenvalue weighted by Crippen LogP contribution is 2.23. The first-order chi connectivity index (χ1) is 9.26. The van der Waals surface area contributed by atoms with E-state index >= 15 is 0 Å². The van der Waals surface area contributed by atoms with Gasteiger partial charge in [-0.3, -0.25) is 0 Å². The van der Waals surface area contributed by atoms with Crippen molar-refractivity contribution >= 4 is 11.3 Å². The van der Waals surface area contributed by atoms with Crippen LogP contribution in [0.25, 0.3) is 0 Å². The molecular weight excluding hydrogens is 256 g/mol. The molecule has 0 spiro atoms. The van der Waals surface area contributed by atoms with Crippen molar-refractivity contribution in [1.82, 2.24) is 4.98 Å². The van der Waals surface area contributed by atoms with Crippen molar-refractivity contribution in [3.05, 3.63) is 45.4 Å². The first-order valence-corrected chi connectivity index (χ1v) is 7.39. The molecule has 0 bridgehead atoms. The van der Waals surface area contributed by atoms with E-state index in [2.05, 4.69) is 19.1 Å². The number of nitrogens with zero attached hydrogens (tertiary/aromatic N) is 1. The van der Waals surface area contributed by atoms with E-state index in [1.165, 1.54) is 16.1 Å². The van der Waals surface area contributed by atoms with E-state index in [1.807, 2.05) is 12.1 Å². The Kier molecular flexibility index (Phi) is 4.93. The fourth-order valence-electron chi connectivity index (χ4n) is 2.02. The van der Waals surface area contributed by atoms with E-state index in [4.69, 9.17) is 15.5 Å². The Bertz CT molecular complexity index is 519. The lowest BCUT2D eigenvalue weighted by Gasteiger charge is -2.01. The van der Waals surface area contributed by atoms with Gasteiger partial charge in [0.1, 0.15) is 5.75 Å². The molecule has 2 N–H and O–H groups in total. The van der Waals surface area contributed by atoms with Gasteiger partial charge in [0.05, 0.1) is 17.8 Å². The summed E-state index contributed by atoms with van der Waals surface area (Å²) in [5, 5.41) is 1.15. The number of hydrogen-bond donors (Lipinski definition) is 1. The molecule has 4 heteroatoms. The first kappa shape index (κ1) is 14.0. The molecule has 19 heavy (non-hydrogen) atoms. The Morgan fingerprint density at radius 1 is 1.26 bits per heavy atom. The van der Waals surface area contributed by atoms with Crippen molar-refractivity contribution in [2.75, 3.05) is 7.11 Å². The topological polar surface area (TPSA) is 48.1 Å². The predicted molar refractivity (Wildman–Crippen MR) is 79.8 cm³/mol. The molecule has 0 saturated heterocycles. The lowest BCUT2D eigenvalue weighted by Crippen LogP contribution is -1.98. The molecule has 0 unspecified atom stereocenters. The smallest absolute Gasteiger partial charge is 0.118 e. The van der Waals surface area contributed by atoms with Crippen molar-refractivity contribution in [1.29, 1.82) is 0 Å². The summed E-state index contributed by atoms with van der Waals surface area (Å²) in [6, 6.07) is 8.14. The second kappa shape index (κ2) is 6.68. The van der Waals surface area contributed by atoms with Crippen molar-refractivity contribution in [2.24, 2.45) is 5.73 Å². The van der Waals surface area contributed by atoms with Crippen LogP contribution in [0.5, 0.6) is 5.75 Å². The molecule has 0 saturated carbocycles. The lowest BCUT2D eigenvalue weighted by molar-refractivity contribution is 0.414. The number of aryl methyl sites for hydroxylation is 1. The number of benzene rings is 1. The van der Waals surface area contributed by atoms with Gasteiger partial charge in [0, 0.05) is 17.8 Å². The van der Waals surface area contributed by atoms with Crippen LogP contribution < -0.4 is 10.5 Å². The Hall–Kier alpha value is -1.39. The zero-order chi connectivity index (χ0) is 13.7. The molecule has 1 aromatic heterocycles. The van der Waals surface area contributed by atoms with E-state index < -0.39 is 0 Å². The third-order valence-electron chi connectivity index (χ3n) is 3.01. The average Bonchev–Trinajstić information content (AvgIpc) is 2.82. The number of aromatic nitrogens is 1. The summed E-state index contributed by atoms with van der Waals surface area (Å²) < 4.78 is 5.16. The molecule has 1 heterocycles. The Morgan fingerprint density at radius 2 is 2.00 bits per heavy atom. The van der Waals surface area contributed by atoms with Gasteiger partial charge in [0.25, 0.3) is 0 Å². The summed E-state index contributed by atoms with van der Waals surface area (Å²) in [4.78, 5) is 5.94. The zero-order valence-corrected chi connectivity index (χ0v) is 12.3. The van der Waals surface area contributed by atoms with Gasteiger partial charge in [-0.1, -0.05) is 25.5 Å². The van der Waals surface area contributed by atoms with Crippen LogP contribution >= 0.6 is 11.3 Å². The van der Waals surface area contributed by atoms with Crippen molar-refractivity contribution in [2.45, 2.75) is 32.7 Å². The van der Waals surface area contributed by atoms with Gasteiger partial charge in [-0.25, -0.2) is 4.98 Å². The molecule has 0 aliphatic heterocycles. The van der Waals surface area contributed by atoms with Crippen molar-refractivity contribution < 1.29 is 4.74 Å². The van der Waals surface area contributed by atoms with Crippen LogP contribution in [0.2, 0.25) is 0 Å². The molecule has 0 aliphatic carbocycles. The van der Waals surface area contributed by atoms with E-state index in [1.54, 1.807) is 18.4 Å². The van der Waals surface area contributed by atoms with Crippen LogP contribution in [0.1, 0.15) is 34.5 Å². The minimum Gasteiger partial charge on any atom is -0.497 e. The quantitative estimate of drug-likeness (QED) is 0.881. The van der Waals surface area contributed by atoms with Gasteiger partial charge in [-0.15, -0.1) is 11.3 Å². The minimum absolute atomic E-state index is 0.593. The standard InChI is InChI=1S/C15H20N2OS/c1-3-4-13-14(10-16)19-15(17-13)9-11-5-7-12(18-2)8-6-11/h5-8H,3-4,9-10,16H2,1-2H3. The summed E-state index contributed by atoms with van der Waals surface area (Å²) in [5.74, 6) is 0.886. The lowest BCUT2D eigenvalue weighted by atomic mass is 10.1.